The monoisotopic (exact) mass is 420 g/mol. The minimum atomic E-state index is 0.0211. The van der Waals surface area contributed by atoms with Gasteiger partial charge in [0.25, 0.3) is 0 Å². The quantitative estimate of drug-likeness (QED) is 0.675. The Morgan fingerprint density at radius 3 is 2.43 bits per heavy atom. The highest BCUT2D eigenvalue weighted by molar-refractivity contribution is 9.11. The second-order valence-electron chi connectivity index (χ2n) is 5.12. The fourth-order valence-electron chi connectivity index (χ4n) is 1.70. The molecule has 0 aliphatic rings. The van der Waals surface area contributed by atoms with Crippen LogP contribution in [0.1, 0.15) is 26.3 Å². The Morgan fingerprint density at radius 2 is 1.90 bits per heavy atom. The summed E-state index contributed by atoms with van der Waals surface area (Å²) < 4.78 is 7.35. The summed E-state index contributed by atoms with van der Waals surface area (Å²) in [6.07, 6.45) is 0. The summed E-state index contributed by atoms with van der Waals surface area (Å²) >= 11 is 7.00. The van der Waals surface area contributed by atoms with Gasteiger partial charge >= 0.3 is 0 Å². The Morgan fingerprint density at radius 1 is 1.29 bits per heavy atom. The Kier molecular flexibility index (Phi) is 8.29. The number of rotatable bonds is 8. The van der Waals surface area contributed by atoms with E-state index in [9.17, 15) is 4.79 Å². The normalized spacial score (nSPS) is 10.8. The van der Waals surface area contributed by atoms with Crippen LogP contribution in [0.3, 0.4) is 0 Å². The molecule has 0 unspecified atom stereocenters. The van der Waals surface area contributed by atoms with Crippen molar-refractivity contribution in [1.29, 1.82) is 0 Å². The first kappa shape index (κ1) is 18.5. The van der Waals surface area contributed by atoms with Gasteiger partial charge in [0.1, 0.15) is 5.75 Å². The van der Waals surface area contributed by atoms with Crippen LogP contribution in [-0.2, 0) is 11.3 Å². The largest absolute Gasteiger partial charge is 0.492 e. The highest BCUT2D eigenvalue weighted by Gasteiger charge is 2.09. The second-order valence-corrected chi connectivity index (χ2v) is 6.83. The van der Waals surface area contributed by atoms with Gasteiger partial charge < -0.3 is 15.4 Å². The molecule has 1 aromatic carbocycles. The van der Waals surface area contributed by atoms with E-state index in [2.05, 4.69) is 56.3 Å². The van der Waals surface area contributed by atoms with Crippen molar-refractivity contribution < 1.29 is 9.53 Å². The van der Waals surface area contributed by atoms with Gasteiger partial charge in [-0.3, -0.25) is 4.79 Å². The number of amides is 1. The Labute approximate surface area is 143 Å². The van der Waals surface area contributed by atoms with Crippen molar-refractivity contribution in [3.05, 3.63) is 26.6 Å². The highest BCUT2D eigenvalue weighted by atomic mass is 79.9. The minimum Gasteiger partial charge on any atom is -0.492 e. The Hall–Kier alpha value is -0.590. The highest BCUT2D eigenvalue weighted by Crippen LogP contribution is 2.34. The lowest BCUT2D eigenvalue weighted by Gasteiger charge is -2.12. The van der Waals surface area contributed by atoms with Crippen molar-refractivity contribution in [3.63, 3.8) is 0 Å². The van der Waals surface area contributed by atoms with Crippen LogP contribution >= 0.6 is 31.9 Å². The third-order valence-corrected chi connectivity index (χ3v) is 3.85. The van der Waals surface area contributed by atoms with Gasteiger partial charge in [0.2, 0.25) is 5.91 Å². The van der Waals surface area contributed by atoms with Gasteiger partial charge in [-0.25, -0.2) is 0 Å². The summed E-state index contributed by atoms with van der Waals surface area (Å²) in [4.78, 5) is 11.6. The van der Waals surface area contributed by atoms with E-state index < -0.39 is 0 Å². The number of hydrogen-bond donors (Lipinski definition) is 2. The summed E-state index contributed by atoms with van der Waals surface area (Å²) in [5, 5.41) is 6.01. The van der Waals surface area contributed by atoms with E-state index in [1.807, 2.05) is 19.1 Å². The minimum absolute atomic E-state index is 0.0211. The lowest BCUT2D eigenvalue weighted by Crippen LogP contribution is -2.35. The molecule has 2 N–H and O–H groups in total. The fourth-order valence-corrected chi connectivity index (χ4v) is 3.21. The van der Waals surface area contributed by atoms with Crippen LogP contribution in [0.25, 0.3) is 0 Å². The van der Waals surface area contributed by atoms with Crippen LogP contribution in [0.4, 0.5) is 0 Å². The van der Waals surface area contributed by atoms with Gasteiger partial charge in [0.15, 0.2) is 0 Å². The lowest BCUT2D eigenvalue weighted by molar-refractivity contribution is -0.120. The maximum atomic E-state index is 11.6. The van der Waals surface area contributed by atoms with E-state index in [1.54, 1.807) is 0 Å². The van der Waals surface area contributed by atoms with Crippen LogP contribution in [0.5, 0.6) is 5.75 Å². The van der Waals surface area contributed by atoms with Gasteiger partial charge in [-0.05, 0) is 62.4 Å². The molecule has 0 aliphatic carbocycles. The van der Waals surface area contributed by atoms with E-state index in [-0.39, 0.29) is 5.91 Å². The topological polar surface area (TPSA) is 50.4 Å². The van der Waals surface area contributed by atoms with E-state index in [4.69, 9.17) is 4.74 Å². The van der Waals surface area contributed by atoms with Gasteiger partial charge in [-0.1, -0.05) is 13.8 Å². The molecule has 0 aliphatic heterocycles. The average molecular weight is 422 g/mol. The van der Waals surface area contributed by atoms with Crippen LogP contribution in [0.15, 0.2) is 21.1 Å². The number of nitrogens with one attached hydrogen (secondary N) is 2. The maximum absolute atomic E-state index is 11.6. The smallest absolute Gasteiger partial charge is 0.233 e. The molecular weight excluding hydrogens is 400 g/mol. The molecule has 0 fully saturated rings. The van der Waals surface area contributed by atoms with Gasteiger partial charge in [0.05, 0.1) is 22.1 Å². The summed E-state index contributed by atoms with van der Waals surface area (Å²) in [6.45, 7) is 8.36. The van der Waals surface area contributed by atoms with Crippen molar-refractivity contribution in [1.82, 2.24) is 10.6 Å². The van der Waals surface area contributed by atoms with Crippen molar-refractivity contribution in [2.45, 2.75) is 27.3 Å². The number of carbonyl (C=O) groups excluding carboxylic acids is 1. The lowest BCUT2D eigenvalue weighted by atomic mass is 10.2. The Bertz CT molecular complexity index is 456. The van der Waals surface area contributed by atoms with Crippen LogP contribution in [0, 0.1) is 5.92 Å². The zero-order valence-corrected chi connectivity index (χ0v) is 15.8. The zero-order chi connectivity index (χ0) is 15.8. The molecule has 0 heterocycles. The average Bonchev–Trinajstić information content (AvgIpc) is 2.40. The molecule has 6 heteroatoms. The number of benzene rings is 1. The first-order valence-electron chi connectivity index (χ1n) is 7.02. The number of carbonyl (C=O) groups is 1. The van der Waals surface area contributed by atoms with Crippen molar-refractivity contribution in [3.8, 4) is 5.75 Å². The van der Waals surface area contributed by atoms with Crippen LogP contribution in [0.2, 0.25) is 0 Å². The maximum Gasteiger partial charge on any atom is 0.233 e. The van der Waals surface area contributed by atoms with Gasteiger partial charge in [0, 0.05) is 13.1 Å². The number of halogens is 2. The first-order valence-corrected chi connectivity index (χ1v) is 8.60. The van der Waals surface area contributed by atoms with Gasteiger partial charge in [-0.2, -0.15) is 0 Å². The Balaban J connectivity index is 2.47. The molecule has 4 nitrogen and oxygen atoms in total. The molecule has 0 bridgehead atoms. The van der Waals surface area contributed by atoms with Gasteiger partial charge in [-0.15, -0.1) is 0 Å². The van der Waals surface area contributed by atoms with Crippen LogP contribution < -0.4 is 15.4 Å². The summed E-state index contributed by atoms with van der Waals surface area (Å²) in [5.41, 5.74) is 1.08. The predicted molar refractivity (Wildman–Crippen MR) is 92.6 cm³/mol. The predicted octanol–water partition coefficient (Wildman–Crippen LogP) is 3.47. The molecule has 1 aromatic rings. The van der Waals surface area contributed by atoms with Crippen molar-refractivity contribution >= 4 is 37.8 Å². The molecule has 0 aromatic heterocycles. The molecular formula is C15H22Br2N2O2. The van der Waals surface area contributed by atoms with Crippen LogP contribution in [-0.4, -0.2) is 25.6 Å². The number of hydrogen-bond acceptors (Lipinski definition) is 3. The van der Waals surface area contributed by atoms with Crippen molar-refractivity contribution in [2.75, 3.05) is 19.7 Å². The molecule has 0 spiro atoms. The van der Waals surface area contributed by atoms with E-state index in [1.165, 1.54) is 0 Å². The third kappa shape index (κ3) is 6.80. The molecule has 0 saturated carbocycles. The fraction of sp³-hybridized carbons (Fsp3) is 0.533. The third-order valence-electron chi connectivity index (χ3n) is 2.67. The molecule has 1 amide bonds. The molecule has 0 radical (unpaired) electrons. The van der Waals surface area contributed by atoms with Crippen molar-refractivity contribution in [2.24, 2.45) is 5.92 Å². The SMILES string of the molecule is CCOc1c(Br)cc(CNCC(=O)NCC(C)C)cc1Br. The summed E-state index contributed by atoms with van der Waals surface area (Å²) in [5.74, 6) is 1.29. The molecule has 0 saturated heterocycles. The molecule has 21 heavy (non-hydrogen) atoms. The summed E-state index contributed by atoms with van der Waals surface area (Å²) in [7, 11) is 0. The molecule has 0 atom stereocenters. The zero-order valence-electron chi connectivity index (χ0n) is 12.6. The van der Waals surface area contributed by atoms with E-state index in [0.717, 1.165) is 20.3 Å². The van der Waals surface area contributed by atoms with E-state index in [0.29, 0.717) is 32.2 Å². The standard InChI is InChI=1S/C15H22Br2N2O2/c1-4-21-15-12(16)5-11(6-13(15)17)8-18-9-14(20)19-7-10(2)3/h5-6,10,18H,4,7-9H2,1-3H3,(H,19,20). The number of ether oxygens (including phenoxy) is 1. The first-order chi connectivity index (χ1) is 9.93. The molecule has 1 rings (SSSR count). The summed E-state index contributed by atoms with van der Waals surface area (Å²) in [6, 6.07) is 3.99. The second kappa shape index (κ2) is 9.43. The van der Waals surface area contributed by atoms with E-state index >= 15 is 0 Å². The molecule has 118 valence electrons.